The number of hydrogen-bond acceptors (Lipinski definition) is 4. The smallest absolute Gasteiger partial charge is 0.287 e. The fourth-order valence-electron chi connectivity index (χ4n) is 3.66. The molecule has 6 nitrogen and oxygen atoms in total. The van der Waals surface area contributed by atoms with Gasteiger partial charge in [-0.15, -0.1) is 0 Å². The maximum atomic E-state index is 12.4. The first-order valence-corrected chi connectivity index (χ1v) is 9.98. The molecule has 1 aliphatic rings. The molecule has 1 atom stereocenters. The Morgan fingerprint density at radius 1 is 1.17 bits per heavy atom. The molecule has 2 amide bonds. The zero-order valence-electron chi connectivity index (χ0n) is 15.9. The van der Waals surface area contributed by atoms with Crippen LogP contribution in [-0.2, 0) is 11.3 Å². The molecule has 3 aromatic rings. The number of benzene rings is 2. The molecule has 0 aliphatic carbocycles. The number of furan rings is 1. The SMILES string of the molecule is NC(=O)C1CCCN(c2ccc(CNC(=O)c3cc4cc(Cl)ccc4o3)cc2)C1. The highest BCUT2D eigenvalue weighted by Crippen LogP contribution is 2.24. The number of fused-ring (bicyclic) bond motifs is 1. The number of carbonyl (C=O) groups excluding carboxylic acids is 2. The molecule has 2 heterocycles. The second kappa shape index (κ2) is 8.17. The summed E-state index contributed by atoms with van der Waals surface area (Å²) in [6, 6.07) is 14.9. The van der Waals surface area contributed by atoms with Gasteiger partial charge in [-0.25, -0.2) is 0 Å². The van der Waals surface area contributed by atoms with Gasteiger partial charge >= 0.3 is 0 Å². The number of amides is 2. The molecule has 1 aliphatic heterocycles. The molecule has 4 rings (SSSR count). The molecule has 1 aromatic heterocycles. The lowest BCUT2D eigenvalue weighted by Gasteiger charge is -2.33. The zero-order chi connectivity index (χ0) is 20.4. The maximum Gasteiger partial charge on any atom is 0.287 e. The van der Waals surface area contributed by atoms with Crippen LogP contribution >= 0.6 is 11.6 Å². The number of nitrogens with two attached hydrogens (primary N) is 1. The molecule has 1 unspecified atom stereocenters. The van der Waals surface area contributed by atoms with E-state index in [0.717, 1.165) is 36.0 Å². The van der Waals surface area contributed by atoms with Crippen molar-refractivity contribution >= 4 is 40.1 Å². The molecule has 150 valence electrons. The van der Waals surface area contributed by atoms with E-state index in [4.69, 9.17) is 21.8 Å². The Balaban J connectivity index is 1.37. The minimum atomic E-state index is -0.276. The summed E-state index contributed by atoms with van der Waals surface area (Å²) in [5.41, 5.74) is 8.12. The first-order chi connectivity index (χ1) is 14.0. The van der Waals surface area contributed by atoms with Crippen LogP contribution in [-0.4, -0.2) is 24.9 Å². The summed E-state index contributed by atoms with van der Waals surface area (Å²) in [5.74, 6) is -0.352. The van der Waals surface area contributed by atoms with Gasteiger partial charge in [-0.2, -0.15) is 0 Å². The highest BCUT2D eigenvalue weighted by atomic mass is 35.5. The highest BCUT2D eigenvalue weighted by Gasteiger charge is 2.24. The second-order valence-electron chi connectivity index (χ2n) is 7.33. The van der Waals surface area contributed by atoms with Gasteiger partial charge in [0.15, 0.2) is 5.76 Å². The van der Waals surface area contributed by atoms with Crippen molar-refractivity contribution in [3.8, 4) is 0 Å². The Hall–Kier alpha value is -2.99. The van der Waals surface area contributed by atoms with E-state index >= 15 is 0 Å². The van der Waals surface area contributed by atoms with E-state index in [9.17, 15) is 9.59 Å². The first-order valence-electron chi connectivity index (χ1n) is 9.60. The molecule has 1 saturated heterocycles. The van der Waals surface area contributed by atoms with Crippen LogP contribution in [0.1, 0.15) is 29.0 Å². The first kappa shape index (κ1) is 19.3. The van der Waals surface area contributed by atoms with Crippen LogP contribution in [0.15, 0.2) is 52.9 Å². The topological polar surface area (TPSA) is 88.6 Å². The van der Waals surface area contributed by atoms with E-state index in [0.29, 0.717) is 23.7 Å². The monoisotopic (exact) mass is 411 g/mol. The summed E-state index contributed by atoms with van der Waals surface area (Å²) in [7, 11) is 0. The predicted molar refractivity (Wildman–Crippen MR) is 113 cm³/mol. The Morgan fingerprint density at radius 3 is 2.72 bits per heavy atom. The van der Waals surface area contributed by atoms with Crippen LogP contribution in [0.3, 0.4) is 0 Å². The van der Waals surface area contributed by atoms with Gasteiger partial charge in [0, 0.05) is 35.7 Å². The van der Waals surface area contributed by atoms with E-state index in [1.807, 2.05) is 24.3 Å². The minimum Gasteiger partial charge on any atom is -0.451 e. The quantitative estimate of drug-likeness (QED) is 0.669. The van der Waals surface area contributed by atoms with Crippen molar-refractivity contribution in [3.63, 3.8) is 0 Å². The molecule has 29 heavy (non-hydrogen) atoms. The van der Waals surface area contributed by atoms with E-state index in [1.165, 1.54) is 0 Å². The number of nitrogens with one attached hydrogen (secondary N) is 1. The average Bonchev–Trinajstić information content (AvgIpc) is 3.16. The summed E-state index contributed by atoms with van der Waals surface area (Å²) >= 11 is 5.97. The fraction of sp³-hybridized carbons (Fsp3) is 0.273. The zero-order valence-corrected chi connectivity index (χ0v) is 16.6. The molecule has 0 saturated carbocycles. The largest absolute Gasteiger partial charge is 0.451 e. The van der Waals surface area contributed by atoms with E-state index in [2.05, 4.69) is 10.2 Å². The minimum absolute atomic E-state index is 0.0959. The number of rotatable bonds is 5. The van der Waals surface area contributed by atoms with Crippen molar-refractivity contribution in [2.45, 2.75) is 19.4 Å². The second-order valence-corrected chi connectivity index (χ2v) is 7.77. The van der Waals surface area contributed by atoms with Crippen molar-refractivity contribution in [2.75, 3.05) is 18.0 Å². The van der Waals surface area contributed by atoms with E-state index in [-0.39, 0.29) is 23.5 Å². The van der Waals surface area contributed by atoms with Gasteiger partial charge in [0.2, 0.25) is 5.91 Å². The number of anilines is 1. The van der Waals surface area contributed by atoms with Gasteiger partial charge in [-0.05, 0) is 54.8 Å². The van der Waals surface area contributed by atoms with Crippen LogP contribution < -0.4 is 16.0 Å². The van der Waals surface area contributed by atoms with Crippen molar-refractivity contribution in [1.29, 1.82) is 0 Å². The number of carbonyl (C=O) groups is 2. The van der Waals surface area contributed by atoms with Crippen LogP contribution in [0, 0.1) is 5.92 Å². The number of nitrogens with zero attached hydrogens (tertiary/aromatic N) is 1. The Morgan fingerprint density at radius 2 is 1.97 bits per heavy atom. The van der Waals surface area contributed by atoms with Crippen molar-refractivity contribution in [3.05, 3.63) is 64.9 Å². The maximum absolute atomic E-state index is 12.4. The van der Waals surface area contributed by atoms with Crippen LogP contribution in [0.25, 0.3) is 11.0 Å². The molecular weight excluding hydrogens is 390 g/mol. The van der Waals surface area contributed by atoms with E-state index < -0.39 is 0 Å². The average molecular weight is 412 g/mol. The highest BCUT2D eigenvalue weighted by molar-refractivity contribution is 6.31. The molecule has 7 heteroatoms. The molecule has 0 bridgehead atoms. The van der Waals surface area contributed by atoms with Gasteiger partial charge in [-0.3, -0.25) is 9.59 Å². The van der Waals surface area contributed by atoms with Crippen molar-refractivity contribution in [2.24, 2.45) is 11.7 Å². The van der Waals surface area contributed by atoms with Crippen LogP contribution in [0.2, 0.25) is 5.02 Å². The molecule has 0 radical (unpaired) electrons. The van der Waals surface area contributed by atoms with E-state index in [1.54, 1.807) is 24.3 Å². The van der Waals surface area contributed by atoms with Gasteiger partial charge in [-0.1, -0.05) is 23.7 Å². The van der Waals surface area contributed by atoms with Crippen molar-refractivity contribution < 1.29 is 14.0 Å². The molecular formula is C22H22ClN3O3. The third kappa shape index (κ3) is 4.38. The summed E-state index contributed by atoms with van der Waals surface area (Å²) < 4.78 is 5.59. The lowest BCUT2D eigenvalue weighted by Crippen LogP contribution is -2.41. The molecule has 3 N–H and O–H groups in total. The van der Waals surface area contributed by atoms with Crippen LogP contribution in [0.4, 0.5) is 5.69 Å². The van der Waals surface area contributed by atoms with Gasteiger partial charge in [0.1, 0.15) is 5.58 Å². The molecule has 2 aromatic carbocycles. The third-order valence-electron chi connectivity index (χ3n) is 5.28. The predicted octanol–water partition coefficient (Wildman–Crippen LogP) is 3.72. The summed E-state index contributed by atoms with van der Waals surface area (Å²) in [6.45, 7) is 1.96. The van der Waals surface area contributed by atoms with Crippen LogP contribution in [0.5, 0.6) is 0 Å². The normalized spacial score (nSPS) is 16.7. The number of hydrogen-bond donors (Lipinski definition) is 2. The number of primary amides is 1. The van der Waals surface area contributed by atoms with Gasteiger partial charge in [0.25, 0.3) is 5.91 Å². The van der Waals surface area contributed by atoms with Gasteiger partial charge < -0.3 is 20.4 Å². The van der Waals surface area contributed by atoms with Crippen molar-refractivity contribution in [1.82, 2.24) is 5.32 Å². The number of piperidine rings is 1. The lowest BCUT2D eigenvalue weighted by molar-refractivity contribution is -0.122. The summed E-state index contributed by atoms with van der Waals surface area (Å²) in [5, 5.41) is 4.26. The number of halogens is 1. The summed E-state index contributed by atoms with van der Waals surface area (Å²) in [4.78, 5) is 26.0. The third-order valence-corrected chi connectivity index (χ3v) is 5.52. The molecule has 1 fully saturated rings. The lowest BCUT2D eigenvalue weighted by atomic mass is 9.97. The molecule has 0 spiro atoms. The Bertz CT molecular complexity index is 1050. The Labute approximate surface area is 173 Å². The fourth-order valence-corrected chi connectivity index (χ4v) is 3.84. The Kier molecular flexibility index (Phi) is 5.45. The summed E-state index contributed by atoms with van der Waals surface area (Å²) in [6.07, 6.45) is 1.80. The van der Waals surface area contributed by atoms with Gasteiger partial charge in [0.05, 0.1) is 5.92 Å². The standard InChI is InChI=1S/C22H22ClN3O3/c23-17-5-8-19-16(10-17)11-20(29-19)22(28)25-12-14-3-6-18(7-4-14)26-9-1-2-15(13-26)21(24)27/h3-8,10-11,15H,1-2,9,12-13H2,(H2,24,27)(H,25,28).